The average molecular weight is 311 g/mol. The van der Waals surface area contributed by atoms with Gasteiger partial charge in [0.1, 0.15) is 5.54 Å². The maximum absolute atomic E-state index is 12.3. The lowest BCUT2D eigenvalue weighted by Crippen LogP contribution is -2.45. The Bertz CT molecular complexity index is 637. The zero-order valence-electron chi connectivity index (χ0n) is 12.3. The van der Waals surface area contributed by atoms with Crippen LogP contribution in [0.2, 0.25) is 0 Å². The fourth-order valence-corrected chi connectivity index (χ4v) is 3.99. The van der Waals surface area contributed by atoms with Gasteiger partial charge in [0.2, 0.25) is 0 Å². The van der Waals surface area contributed by atoms with E-state index in [1.165, 1.54) is 6.07 Å². The molecular weight excluding hydrogens is 290 g/mol. The molecule has 6 heteroatoms. The monoisotopic (exact) mass is 311 g/mol. The van der Waals surface area contributed by atoms with Crippen molar-refractivity contribution in [2.75, 3.05) is 11.1 Å². The summed E-state index contributed by atoms with van der Waals surface area (Å²) in [5.74, 6) is -0.858. The summed E-state index contributed by atoms with van der Waals surface area (Å²) in [6, 6.07) is 6.53. The van der Waals surface area contributed by atoms with Crippen molar-refractivity contribution in [3.8, 4) is 0 Å². The van der Waals surface area contributed by atoms with Crippen molar-refractivity contribution in [3.05, 3.63) is 24.3 Å². The molecule has 2 rings (SSSR count). The highest BCUT2D eigenvalue weighted by Crippen LogP contribution is 2.42. The minimum absolute atomic E-state index is 0.0388. The average Bonchev–Trinajstić information content (AvgIpc) is 3.23. The number of rotatable bonds is 7. The Hall–Kier alpha value is -1.56. The molecule has 1 atom stereocenters. The largest absolute Gasteiger partial charge is 0.480 e. The molecule has 0 bridgehead atoms. The predicted octanol–water partition coefficient (Wildman–Crippen LogP) is 2.54. The molecule has 21 heavy (non-hydrogen) atoms. The van der Waals surface area contributed by atoms with Crippen LogP contribution in [-0.2, 0) is 14.6 Å². The Morgan fingerprint density at radius 3 is 2.52 bits per heavy atom. The molecule has 0 spiro atoms. The minimum Gasteiger partial charge on any atom is -0.480 e. The molecule has 1 aliphatic rings. The molecular formula is C15H21NO4S. The Balaban J connectivity index is 2.39. The van der Waals surface area contributed by atoms with Crippen LogP contribution in [0.3, 0.4) is 0 Å². The minimum atomic E-state index is -3.40. The van der Waals surface area contributed by atoms with Crippen LogP contribution in [0, 0.1) is 5.92 Å². The molecule has 0 aromatic heterocycles. The fourth-order valence-electron chi connectivity index (χ4n) is 2.49. The summed E-state index contributed by atoms with van der Waals surface area (Å²) in [7, 11) is -3.40. The first-order chi connectivity index (χ1) is 9.81. The maximum atomic E-state index is 12.3. The second kappa shape index (κ2) is 5.67. The zero-order valence-corrected chi connectivity index (χ0v) is 13.1. The second-order valence-corrected chi connectivity index (χ2v) is 7.80. The quantitative estimate of drug-likeness (QED) is 0.808. The molecule has 1 unspecified atom stereocenters. The third kappa shape index (κ3) is 3.20. The molecule has 1 aromatic rings. The smallest absolute Gasteiger partial charge is 0.329 e. The zero-order chi connectivity index (χ0) is 15.7. The van der Waals surface area contributed by atoms with Crippen LogP contribution in [0.4, 0.5) is 5.69 Å². The number of carboxylic acids is 1. The summed E-state index contributed by atoms with van der Waals surface area (Å²) in [5.41, 5.74) is -0.750. The Morgan fingerprint density at radius 2 is 2.00 bits per heavy atom. The van der Waals surface area contributed by atoms with Crippen molar-refractivity contribution in [2.24, 2.45) is 5.92 Å². The highest BCUT2D eigenvalue weighted by molar-refractivity contribution is 7.91. The van der Waals surface area contributed by atoms with E-state index < -0.39 is 21.3 Å². The summed E-state index contributed by atoms with van der Waals surface area (Å²) in [4.78, 5) is 11.8. The lowest BCUT2D eigenvalue weighted by atomic mass is 9.95. The molecule has 1 saturated carbocycles. The van der Waals surface area contributed by atoms with Crippen LogP contribution < -0.4 is 5.32 Å². The van der Waals surface area contributed by atoms with Gasteiger partial charge in [0.05, 0.1) is 16.3 Å². The Morgan fingerprint density at radius 1 is 1.38 bits per heavy atom. The van der Waals surface area contributed by atoms with E-state index in [-0.39, 0.29) is 16.6 Å². The number of aliphatic carboxylic acids is 1. The van der Waals surface area contributed by atoms with Crippen molar-refractivity contribution in [3.63, 3.8) is 0 Å². The number of anilines is 1. The normalized spacial score (nSPS) is 18.0. The molecule has 1 fully saturated rings. The van der Waals surface area contributed by atoms with Gasteiger partial charge in [0, 0.05) is 0 Å². The molecule has 5 nitrogen and oxygen atoms in total. The van der Waals surface area contributed by atoms with E-state index in [0.717, 1.165) is 12.8 Å². The Labute approximate surface area is 125 Å². The molecule has 116 valence electrons. The molecule has 2 N–H and O–H groups in total. The number of carboxylic acid groups (broad SMARTS) is 1. The van der Waals surface area contributed by atoms with Crippen LogP contribution in [0.1, 0.15) is 33.1 Å². The van der Waals surface area contributed by atoms with E-state index in [2.05, 4.69) is 5.32 Å². The van der Waals surface area contributed by atoms with E-state index in [4.69, 9.17) is 0 Å². The summed E-state index contributed by atoms with van der Waals surface area (Å²) in [6.07, 6.45) is 2.22. The molecule has 0 saturated heterocycles. The van der Waals surface area contributed by atoms with Crippen LogP contribution in [-0.4, -0.2) is 30.8 Å². The Kier molecular flexibility index (Phi) is 4.27. The number of sulfone groups is 1. The summed E-state index contributed by atoms with van der Waals surface area (Å²) >= 11 is 0. The van der Waals surface area contributed by atoms with Gasteiger partial charge in [-0.1, -0.05) is 19.1 Å². The third-order valence-corrected chi connectivity index (χ3v) is 5.90. The molecule has 1 aliphatic carbocycles. The number of hydrogen-bond donors (Lipinski definition) is 2. The fraction of sp³-hybridized carbons (Fsp3) is 0.533. The number of carbonyl (C=O) groups is 1. The van der Waals surface area contributed by atoms with Crippen LogP contribution in [0.25, 0.3) is 0 Å². The first kappa shape index (κ1) is 15.8. The lowest BCUT2D eigenvalue weighted by molar-refractivity contribution is -0.142. The first-order valence-corrected chi connectivity index (χ1v) is 8.80. The lowest BCUT2D eigenvalue weighted by Gasteiger charge is -2.28. The van der Waals surface area contributed by atoms with Crippen LogP contribution >= 0.6 is 0 Å². The summed E-state index contributed by atoms with van der Waals surface area (Å²) < 4.78 is 24.6. The molecule has 0 heterocycles. The van der Waals surface area contributed by atoms with Gasteiger partial charge in [-0.15, -0.1) is 0 Å². The van der Waals surface area contributed by atoms with Gasteiger partial charge in [-0.25, -0.2) is 13.2 Å². The van der Waals surface area contributed by atoms with E-state index in [1.54, 1.807) is 32.0 Å². The van der Waals surface area contributed by atoms with E-state index >= 15 is 0 Å². The highest BCUT2D eigenvalue weighted by Gasteiger charge is 2.48. The van der Waals surface area contributed by atoms with Gasteiger partial charge in [0.15, 0.2) is 9.84 Å². The number of para-hydroxylation sites is 1. The molecule has 0 aliphatic heterocycles. The molecule has 1 aromatic carbocycles. The standard InChI is InChI=1S/C15H21NO4S/c1-3-10-21(19,20)13-7-5-4-6-12(13)16-15(2,14(17)18)11-8-9-11/h4-7,11,16H,3,8-10H2,1-2H3,(H,17,18). The topological polar surface area (TPSA) is 83.5 Å². The number of hydrogen-bond acceptors (Lipinski definition) is 4. The van der Waals surface area contributed by atoms with Gasteiger partial charge >= 0.3 is 5.97 Å². The van der Waals surface area contributed by atoms with E-state index in [1.807, 2.05) is 0 Å². The van der Waals surface area contributed by atoms with E-state index in [9.17, 15) is 18.3 Å². The van der Waals surface area contributed by atoms with Gasteiger partial charge in [-0.05, 0) is 44.2 Å². The molecule has 0 amide bonds. The van der Waals surface area contributed by atoms with Gasteiger partial charge in [0.25, 0.3) is 0 Å². The van der Waals surface area contributed by atoms with Gasteiger partial charge < -0.3 is 10.4 Å². The van der Waals surface area contributed by atoms with Crippen molar-refractivity contribution in [2.45, 2.75) is 43.5 Å². The summed E-state index contributed by atoms with van der Waals surface area (Å²) in [5, 5.41) is 12.5. The second-order valence-electron chi connectivity index (χ2n) is 5.72. The number of benzene rings is 1. The highest BCUT2D eigenvalue weighted by atomic mass is 32.2. The van der Waals surface area contributed by atoms with Crippen molar-refractivity contribution in [1.82, 2.24) is 0 Å². The van der Waals surface area contributed by atoms with Crippen LogP contribution in [0.15, 0.2) is 29.2 Å². The van der Waals surface area contributed by atoms with Crippen molar-refractivity contribution < 1.29 is 18.3 Å². The first-order valence-electron chi connectivity index (χ1n) is 7.14. The van der Waals surface area contributed by atoms with Crippen molar-refractivity contribution >= 4 is 21.5 Å². The molecule has 0 radical (unpaired) electrons. The third-order valence-electron chi connectivity index (χ3n) is 3.93. The van der Waals surface area contributed by atoms with Gasteiger partial charge in [-0.3, -0.25) is 0 Å². The van der Waals surface area contributed by atoms with Gasteiger partial charge in [-0.2, -0.15) is 0 Å². The van der Waals surface area contributed by atoms with Crippen molar-refractivity contribution in [1.29, 1.82) is 0 Å². The SMILES string of the molecule is CCCS(=O)(=O)c1ccccc1NC(C)(C(=O)O)C1CC1. The van der Waals surface area contributed by atoms with Crippen LogP contribution in [0.5, 0.6) is 0 Å². The number of nitrogens with one attached hydrogen (secondary N) is 1. The maximum Gasteiger partial charge on any atom is 0.329 e. The predicted molar refractivity (Wildman–Crippen MR) is 81.2 cm³/mol. The van der Waals surface area contributed by atoms with E-state index in [0.29, 0.717) is 12.1 Å². The summed E-state index contributed by atoms with van der Waals surface area (Å²) in [6.45, 7) is 3.43.